The Labute approximate surface area is 191 Å². The van der Waals surface area contributed by atoms with Gasteiger partial charge in [-0.3, -0.25) is 9.59 Å². The Balaban J connectivity index is 2.24. The van der Waals surface area contributed by atoms with Crippen molar-refractivity contribution in [2.75, 3.05) is 18.4 Å². The monoisotopic (exact) mass is 459 g/mol. The van der Waals surface area contributed by atoms with Crippen molar-refractivity contribution in [1.82, 2.24) is 9.62 Å². The van der Waals surface area contributed by atoms with Crippen LogP contribution < -0.4 is 10.6 Å². The first-order chi connectivity index (χ1) is 15.0. The Morgan fingerprint density at radius 1 is 1.00 bits per heavy atom. The van der Waals surface area contributed by atoms with E-state index in [9.17, 15) is 18.0 Å². The fourth-order valence-corrected chi connectivity index (χ4v) is 4.94. The third-order valence-electron chi connectivity index (χ3n) is 5.31. The Bertz CT molecular complexity index is 1080. The molecule has 0 aliphatic heterocycles. The van der Waals surface area contributed by atoms with E-state index in [-0.39, 0.29) is 22.3 Å². The van der Waals surface area contributed by atoms with E-state index in [1.54, 1.807) is 13.8 Å². The molecule has 2 amide bonds. The van der Waals surface area contributed by atoms with E-state index in [0.717, 1.165) is 11.1 Å². The highest BCUT2D eigenvalue weighted by Crippen LogP contribution is 2.19. The van der Waals surface area contributed by atoms with Crippen LogP contribution in [0.25, 0.3) is 0 Å². The van der Waals surface area contributed by atoms with Gasteiger partial charge in [0.1, 0.15) is 6.04 Å². The third kappa shape index (κ3) is 5.95. The highest BCUT2D eigenvalue weighted by atomic mass is 32.2. The number of nitrogens with zero attached hydrogens (tertiary/aromatic N) is 1. The zero-order valence-electron chi connectivity index (χ0n) is 19.6. The highest BCUT2D eigenvalue weighted by Gasteiger charge is 2.27. The fraction of sp³-hybridized carbons (Fsp3) is 0.417. The number of aryl methyl sites for hydroxylation is 2. The summed E-state index contributed by atoms with van der Waals surface area (Å²) in [6.07, 6.45) is 0. The predicted molar refractivity (Wildman–Crippen MR) is 127 cm³/mol. The van der Waals surface area contributed by atoms with Crippen molar-refractivity contribution < 1.29 is 18.0 Å². The van der Waals surface area contributed by atoms with Crippen LogP contribution in [0.3, 0.4) is 0 Å². The minimum absolute atomic E-state index is 0.0506. The van der Waals surface area contributed by atoms with Crippen LogP contribution in [0, 0.1) is 19.8 Å². The van der Waals surface area contributed by atoms with Crippen LogP contribution in [0.5, 0.6) is 0 Å². The van der Waals surface area contributed by atoms with Gasteiger partial charge in [-0.05, 0) is 49.6 Å². The molecule has 0 bridgehead atoms. The van der Waals surface area contributed by atoms with Gasteiger partial charge in [0.25, 0.3) is 5.91 Å². The number of carbonyl (C=O) groups excluding carboxylic acids is 2. The molecule has 2 N–H and O–H groups in total. The maximum absolute atomic E-state index is 12.9. The summed E-state index contributed by atoms with van der Waals surface area (Å²) in [7, 11) is -3.69. The number of sulfonamides is 1. The number of anilines is 1. The minimum Gasteiger partial charge on any atom is -0.340 e. The summed E-state index contributed by atoms with van der Waals surface area (Å²) < 4.78 is 26.9. The molecule has 32 heavy (non-hydrogen) atoms. The van der Waals surface area contributed by atoms with Crippen LogP contribution in [0.1, 0.15) is 49.2 Å². The topological polar surface area (TPSA) is 95.6 Å². The lowest BCUT2D eigenvalue weighted by molar-refractivity contribution is -0.118. The second-order valence-electron chi connectivity index (χ2n) is 8.12. The predicted octanol–water partition coefficient (Wildman–Crippen LogP) is 3.73. The summed E-state index contributed by atoms with van der Waals surface area (Å²) in [5, 5.41) is 5.65. The molecule has 0 saturated heterocycles. The van der Waals surface area contributed by atoms with Crippen LogP contribution in [-0.4, -0.2) is 43.7 Å². The van der Waals surface area contributed by atoms with Gasteiger partial charge in [-0.1, -0.05) is 51.5 Å². The van der Waals surface area contributed by atoms with Crippen LogP contribution in [0.4, 0.5) is 5.69 Å². The van der Waals surface area contributed by atoms with E-state index in [0.29, 0.717) is 18.8 Å². The molecular weight excluding hydrogens is 426 g/mol. The zero-order chi connectivity index (χ0) is 24.1. The smallest absolute Gasteiger partial charge is 0.251 e. The van der Waals surface area contributed by atoms with E-state index in [2.05, 4.69) is 10.6 Å². The van der Waals surface area contributed by atoms with E-state index in [4.69, 9.17) is 0 Å². The largest absolute Gasteiger partial charge is 0.340 e. The average Bonchev–Trinajstić information content (AvgIpc) is 2.74. The molecule has 1 atom stereocenters. The molecule has 0 heterocycles. The molecule has 2 aromatic rings. The van der Waals surface area contributed by atoms with Crippen LogP contribution in [-0.2, 0) is 14.8 Å². The van der Waals surface area contributed by atoms with Gasteiger partial charge in [-0.25, -0.2) is 8.42 Å². The van der Waals surface area contributed by atoms with Gasteiger partial charge < -0.3 is 10.6 Å². The number of hydrogen-bond donors (Lipinski definition) is 2. The molecule has 0 fully saturated rings. The molecule has 0 aliphatic rings. The van der Waals surface area contributed by atoms with Crippen molar-refractivity contribution in [3.05, 3.63) is 59.2 Å². The lowest BCUT2D eigenvalue weighted by atomic mass is 10.0. The molecule has 0 radical (unpaired) electrons. The van der Waals surface area contributed by atoms with Gasteiger partial charge >= 0.3 is 0 Å². The fourth-order valence-electron chi connectivity index (χ4n) is 3.43. The van der Waals surface area contributed by atoms with Crippen molar-refractivity contribution in [2.24, 2.45) is 5.92 Å². The van der Waals surface area contributed by atoms with Crippen molar-refractivity contribution >= 4 is 27.5 Å². The standard InChI is InChI=1S/C24H33N3O4S/c1-7-27(8-2)32(30,31)20-11-9-10-19(15-20)23(28)26-22(16(3)4)24(29)25-21-13-12-17(5)14-18(21)6/h9-16,22H,7-8H2,1-6H3,(H,25,29)(H,26,28). The van der Waals surface area contributed by atoms with Crippen molar-refractivity contribution in [3.8, 4) is 0 Å². The van der Waals surface area contributed by atoms with Crippen molar-refractivity contribution in [1.29, 1.82) is 0 Å². The second kappa shape index (κ2) is 10.7. The normalized spacial score (nSPS) is 12.6. The Morgan fingerprint density at radius 2 is 1.66 bits per heavy atom. The summed E-state index contributed by atoms with van der Waals surface area (Å²) in [4.78, 5) is 25.9. The highest BCUT2D eigenvalue weighted by molar-refractivity contribution is 7.89. The van der Waals surface area contributed by atoms with E-state index in [1.807, 2.05) is 45.9 Å². The lowest BCUT2D eigenvalue weighted by Gasteiger charge is -2.23. The SMILES string of the molecule is CCN(CC)S(=O)(=O)c1cccc(C(=O)NC(C(=O)Nc2ccc(C)cc2C)C(C)C)c1. The van der Waals surface area contributed by atoms with Crippen molar-refractivity contribution in [2.45, 2.75) is 52.5 Å². The molecule has 0 saturated carbocycles. The molecule has 2 aromatic carbocycles. The molecule has 0 spiro atoms. The maximum atomic E-state index is 12.9. The minimum atomic E-state index is -3.69. The second-order valence-corrected chi connectivity index (χ2v) is 10.1. The van der Waals surface area contributed by atoms with E-state index < -0.39 is 22.0 Å². The Morgan fingerprint density at radius 3 is 2.22 bits per heavy atom. The maximum Gasteiger partial charge on any atom is 0.251 e. The average molecular weight is 460 g/mol. The first kappa shape index (κ1) is 25.5. The molecule has 174 valence electrons. The Kier molecular flexibility index (Phi) is 8.58. The number of nitrogens with one attached hydrogen (secondary N) is 2. The van der Waals surface area contributed by atoms with Gasteiger partial charge in [0.05, 0.1) is 4.90 Å². The number of amides is 2. The molecule has 8 heteroatoms. The van der Waals surface area contributed by atoms with Gasteiger partial charge in [0.2, 0.25) is 15.9 Å². The first-order valence-corrected chi connectivity index (χ1v) is 12.2. The summed E-state index contributed by atoms with van der Waals surface area (Å²) in [5.41, 5.74) is 2.89. The van der Waals surface area contributed by atoms with E-state index >= 15 is 0 Å². The molecule has 2 rings (SSSR count). The summed E-state index contributed by atoms with van der Waals surface area (Å²) in [5.74, 6) is -1.00. The van der Waals surface area contributed by atoms with Gasteiger partial charge in [0, 0.05) is 24.3 Å². The van der Waals surface area contributed by atoms with Crippen molar-refractivity contribution in [3.63, 3.8) is 0 Å². The number of carbonyl (C=O) groups is 2. The van der Waals surface area contributed by atoms with Gasteiger partial charge in [-0.15, -0.1) is 0 Å². The molecule has 0 aromatic heterocycles. The van der Waals surface area contributed by atoms with Gasteiger partial charge in [0.15, 0.2) is 0 Å². The quantitative estimate of drug-likeness (QED) is 0.597. The zero-order valence-corrected chi connectivity index (χ0v) is 20.4. The number of benzene rings is 2. The molecule has 7 nitrogen and oxygen atoms in total. The molecule has 0 aliphatic carbocycles. The summed E-state index contributed by atoms with van der Waals surface area (Å²) in [6, 6.07) is 10.8. The Hall–Kier alpha value is -2.71. The summed E-state index contributed by atoms with van der Waals surface area (Å²) in [6.45, 7) is 11.8. The summed E-state index contributed by atoms with van der Waals surface area (Å²) >= 11 is 0. The number of hydrogen-bond acceptors (Lipinski definition) is 4. The lowest BCUT2D eigenvalue weighted by Crippen LogP contribution is -2.47. The van der Waals surface area contributed by atoms with E-state index in [1.165, 1.54) is 28.6 Å². The molecular formula is C24H33N3O4S. The number of rotatable bonds is 9. The van der Waals surface area contributed by atoms with Crippen LogP contribution >= 0.6 is 0 Å². The van der Waals surface area contributed by atoms with Crippen LogP contribution in [0.15, 0.2) is 47.4 Å². The first-order valence-electron chi connectivity index (χ1n) is 10.8. The third-order valence-corrected chi connectivity index (χ3v) is 7.36. The van der Waals surface area contributed by atoms with Gasteiger partial charge in [-0.2, -0.15) is 4.31 Å². The molecule has 1 unspecified atom stereocenters. The van der Waals surface area contributed by atoms with Crippen LogP contribution in [0.2, 0.25) is 0 Å².